The van der Waals surface area contributed by atoms with E-state index in [9.17, 15) is 9.59 Å². The van der Waals surface area contributed by atoms with Crippen molar-refractivity contribution in [2.75, 3.05) is 10.6 Å². The number of anilines is 2. The number of amides is 2. The second kappa shape index (κ2) is 8.59. The highest BCUT2D eigenvalue weighted by Gasteiger charge is 2.29. The van der Waals surface area contributed by atoms with Crippen molar-refractivity contribution in [1.82, 2.24) is 10.2 Å². The molecule has 3 rings (SSSR count). The predicted octanol–water partition coefficient (Wildman–Crippen LogP) is 3.58. The van der Waals surface area contributed by atoms with Gasteiger partial charge in [0.05, 0.1) is 0 Å². The number of aromatic nitrogens is 2. The summed E-state index contributed by atoms with van der Waals surface area (Å²) in [4.78, 5) is 25.4. The molecule has 0 atom stereocenters. The Labute approximate surface area is 159 Å². The summed E-state index contributed by atoms with van der Waals surface area (Å²) < 4.78 is 0.568. The van der Waals surface area contributed by atoms with Crippen LogP contribution in [-0.4, -0.2) is 27.3 Å². The molecule has 0 bridgehead atoms. The molecule has 0 unspecified atom stereocenters. The predicted molar refractivity (Wildman–Crippen MR) is 104 cm³/mol. The van der Waals surface area contributed by atoms with E-state index >= 15 is 0 Å². The van der Waals surface area contributed by atoms with Crippen LogP contribution in [0, 0.1) is 6.92 Å². The Morgan fingerprint density at radius 2 is 1.38 bits per heavy atom. The SMILES string of the molecule is Cc1nnc(SC(C(=O)Nc2ccccc2)C(=O)Nc2ccccc2)s1. The average molecular weight is 384 g/mol. The van der Waals surface area contributed by atoms with E-state index < -0.39 is 17.1 Å². The van der Waals surface area contributed by atoms with Gasteiger partial charge >= 0.3 is 0 Å². The fourth-order valence-electron chi connectivity index (χ4n) is 2.11. The molecular weight excluding hydrogens is 368 g/mol. The Morgan fingerprint density at radius 3 is 1.81 bits per heavy atom. The average Bonchev–Trinajstić information content (AvgIpc) is 3.06. The van der Waals surface area contributed by atoms with Gasteiger partial charge in [0.1, 0.15) is 5.01 Å². The minimum Gasteiger partial charge on any atom is -0.325 e. The number of nitrogens with zero attached hydrogens (tertiary/aromatic N) is 2. The van der Waals surface area contributed by atoms with E-state index in [0.717, 1.165) is 16.8 Å². The fourth-order valence-corrected chi connectivity index (χ4v) is 3.99. The van der Waals surface area contributed by atoms with E-state index in [2.05, 4.69) is 20.8 Å². The number of hydrogen-bond donors (Lipinski definition) is 2. The number of benzene rings is 2. The molecule has 0 aliphatic heterocycles. The lowest BCUT2D eigenvalue weighted by Crippen LogP contribution is -2.36. The smallest absolute Gasteiger partial charge is 0.247 e. The quantitative estimate of drug-likeness (QED) is 0.501. The maximum absolute atomic E-state index is 12.7. The Hall–Kier alpha value is -2.71. The summed E-state index contributed by atoms with van der Waals surface area (Å²) in [5.41, 5.74) is 1.26. The fraction of sp³-hybridized carbons (Fsp3) is 0.111. The lowest BCUT2D eigenvalue weighted by Gasteiger charge is -2.15. The largest absolute Gasteiger partial charge is 0.325 e. The molecule has 1 aromatic heterocycles. The zero-order valence-electron chi connectivity index (χ0n) is 13.9. The Balaban J connectivity index is 1.78. The summed E-state index contributed by atoms with van der Waals surface area (Å²) in [6.45, 7) is 1.82. The van der Waals surface area contributed by atoms with Crippen LogP contribution in [0.3, 0.4) is 0 Å². The normalized spacial score (nSPS) is 10.5. The van der Waals surface area contributed by atoms with Crippen LogP contribution in [0.1, 0.15) is 5.01 Å². The van der Waals surface area contributed by atoms with E-state index in [-0.39, 0.29) is 0 Å². The molecule has 2 aromatic carbocycles. The summed E-state index contributed by atoms with van der Waals surface area (Å²) >= 11 is 2.43. The molecule has 1 heterocycles. The number of hydrogen-bond acceptors (Lipinski definition) is 6. The van der Waals surface area contributed by atoms with Gasteiger partial charge in [-0.15, -0.1) is 10.2 Å². The molecule has 2 amide bonds. The Bertz CT molecular complexity index is 831. The van der Waals surface area contributed by atoms with Crippen molar-refractivity contribution in [3.63, 3.8) is 0 Å². The zero-order chi connectivity index (χ0) is 18.4. The van der Waals surface area contributed by atoms with Crippen molar-refractivity contribution in [2.24, 2.45) is 0 Å². The second-order valence-corrected chi connectivity index (χ2v) is 7.83. The summed E-state index contributed by atoms with van der Waals surface area (Å²) in [6, 6.07) is 18.0. The first-order valence-electron chi connectivity index (χ1n) is 7.80. The van der Waals surface area contributed by atoms with Gasteiger partial charge in [0.2, 0.25) is 11.8 Å². The standard InChI is InChI=1S/C18H16N4O2S2/c1-12-21-22-18(25-12)26-15(16(23)19-13-8-4-2-5-9-13)17(24)20-14-10-6-3-7-11-14/h2-11,15H,1H3,(H,19,23)(H,20,24). The first-order chi connectivity index (χ1) is 12.6. The van der Waals surface area contributed by atoms with Crippen molar-refractivity contribution in [1.29, 1.82) is 0 Å². The van der Waals surface area contributed by atoms with Crippen LogP contribution in [0.25, 0.3) is 0 Å². The molecule has 0 radical (unpaired) electrons. The van der Waals surface area contributed by atoms with Crippen molar-refractivity contribution >= 4 is 46.3 Å². The molecule has 0 spiro atoms. The third-order valence-electron chi connectivity index (χ3n) is 3.29. The molecular formula is C18H16N4O2S2. The first-order valence-corrected chi connectivity index (χ1v) is 9.50. The summed E-state index contributed by atoms with van der Waals surface area (Å²) in [7, 11) is 0. The van der Waals surface area contributed by atoms with E-state index in [0.29, 0.717) is 15.7 Å². The van der Waals surface area contributed by atoms with Gasteiger partial charge in [-0.05, 0) is 31.2 Å². The molecule has 0 fully saturated rings. The van der Waals surface area contributed by atoms with Gasteiger partial charge in [-0.2, -0.15) is 0 Å². The molecule has 8 heteroatoms. The number of carbonyl (C=O) groups excluding carboxylic acids is 2. The van der Waals surface area contributed by atoms with Gasteiger partial charge < -0.3 is 10.6 Å². The van der Waals surface area contributed by atoms with Crippen molar-refractivity contribution in [2.45, 2.75) is 16.5 Å². The molecule has 0 saturated carbocycles. The topological polar surface area (TPSA) is 84.0 Å². The first kappa shape index (κ1) is 18.1. The number of carbonyl (C=O) groups is 2. The number of rotatable bonds is 6. The monoisotopic (exact) mass is 384 g/mol. The number of thioether (sulfide) groups is 1. The highest BCUT2D eigenvalue weighted by Crippen LogP contribution is 2.28. The second-order valence-electron chi connectivity index (χ2n) is 5.30. The van der Waals surface area contributed by atoms with Crippen LogP contribution < -0.4 is 10.6 Å². The van der Waals surface area contributed by atoms with Gasteiger partial charge in [-0.3, -0.25) is 9.59 Å². The lowest BCUT2D eigenvalue weighted by molar-refractivity contribution is -0.123. The molecule has 0 aliphatic rings. The van der Waals surface area contributed by atoms with Gasteiger partial charge in [0.25, 0.3) is 0 Å². The number of para-hydroxylation sites is 2. The highest BCUT2D eigenvalue weighted by atomic mass is 32.2. The zero-order valence-corrected chi connectivity index (χ0v) is 15.5. The molecule has 26 heavy (non-hydrogen) atoms. The van der Waals surface area contributed by atoms with Gasteiger partial charge in [0, 0.05) is 11.4 Å². The van der Waals surface area contributed by atoms with Gasteiger partial charge in [-0.25, -0.2) is 0 Å². The van der Waals surface area contributed by atoms with Crippen LogP contribution in [0.4, 0.5) is 11.4 Å². The number of aryl methyl sites for hydroxylation is 1. The van der Waals surface area contributed by atoms with E-state index in [4.69, 9.17) is 0 Å². The van der Waals surface area contributed by atoms with E-state index in [1.165, 1.54) is 11.3 Å². The maximum atomic E-state index is 12.7. The molecule has 3 aromatic rings. The third kappa shape index (κ3) is 4.90. The van der Waals surface area contributed by atoms with Crippen LogP contribution in [0.15, 0.2) is 65.0 Å². The molecule has 6 nitrogen and oxygen atoms in total. The molecule has 132 valence electrons. The Kier molecular flexibility index (Phi) is 5.98. The maximum Gasteiger partial charge on any atom is 0.247 e. The minimum atomic E-state index is -0.997. The highest BCUT2D eigenvalue weighted by molar-refractivity contribution is 8.03. The third-order valence-corrected chi connectivity index (χ3v) is 5.40. The van der Waals surface area contributed by atoms with E-state index in [1.807, 2.05) is 43.3 Å². The van der Waals surface area contributed by atoms with E-state index in [1.54, 1.807) is 24.3 Å². The van der Waals surface area contributed by atoms with Crippen molar-refractivity contribution < 1.29 is 9.59 Å². The molecule has 0 saturated heterocycles. The summed E-state index contributed by atoms with van der Waals surface area (Å²) in [5.74, 6) is -0.829. The Morgan fingerprint density at radius 1 is 0.885 bits per heavy atom. The van der Waals surface area contributed by atoms with Crippen LogP contribution >= 0.6 is 23.1 Å². The van der Waals surface area contributed by atoms with Crippen molar-refractivity contribution in [3.8, 4) is 0 Å². The minimum absolute atomic E-state index is 0.414. The molecule has 2 N–H and O–H groups in total. The number of nitrogens with one attached hydrogen (secondary N) is 2. The summed E-state index contributed by atoms with van der Waals surface area (Å²) in [6.07, 6.45) is 0. The van der Waals surface area contributed by atoms with Crippen LogP contribution in [0.2, 0.25) is 0 Å². The van der Waals surface area contributed by atoms with Gasteiger partial charge in [0.15, 0.2) is 9.59 Å². The molecule has 0 aliphatic carbocycles. The van der Waals surface area contributed by atoms with Crippen LogP contribution in [-0.2, 0) is 9.59 Å². The van der Waals surface area contributed by atoms with Crippen LogP contribution in [0.5, 0.6) is 0 Å². The summed E-state index contributed by atoms with van der Waals surface area (Å²) in [5, 5.41) is 13.3. The van der Waals surface area contributed by atoms with Crippen molar-refractivity contribution in [3.05, 3.63) is 65.7 Å². The lowest BCUT2D eigenvalue weighted by atomic mass is 10.2. The van der Waals surface area contributed by atoms with Gasteiger partial charge in [-0.1, -0.05) is 59.5 Å².